The van der Waals surface area contributed by atoms with E-state index in [1.54, 1.807) is 0 Å². The molecule has 0 atom stereocenters. The van der Waals surface area contributed by atoms with Gasteiger partial charge in [-0.25, -0.2) is 8.42 Å². The van der Waals surface area contributed by atoms with Gasteiger partial charge in [-0.1, -0.05) is 24.3 Å². The minimum Gasteiger partial charge on any atom is -0.507 e. The lowest BCUT2D eigenvalue weighted by molar-refractivity contribution is 0.366. The molecule has 4 nitrogen and oxygen atoms in total. The Kier molecular flexibility index (Phi) is 3.22. The zero-order valence-corrected chi connectivity index (χ0v) is 12.2. The highest BCUT2D eigenvalue weighted by atomic mass is 32.2. The summed E-state index contributed by atoms with van der Waals surface area (Å²) in [4.78, 5) is 0.130. The third kappa shape index (κ3) is 2.40. The molecule has 1 aliphatic rings. The summed E-state index contributed by atoms with van der Waals surface area (Å²) < 4.78 is 29.8. The van der Waals surface area contributed by atoms with Crippen LogP contribution in [-0.2, 0) is 9.84 Å². The Bertz CT molecular complexity index is 835. The molecule has 0 aliphatic carbocycles. The average molecular weight is 302 g/mol. The maximum absolute atomic E-state index is 12.1. The number of sulfone groups is 1. The fraction of sp³-hybridized carbons (Fsp3) is 0.125. The molecule has 0 aromatic heterocycles. The van der Waals surface area contributed by atoms with Crippen LogP contribution < -0.4 is 4.74 Å². The van der Waals surface area contributed by atoms with E-state index in [-0.39, 0.29) is 17.3 Å². The van der Waals surface area contributed by atoms with Gasteiger partial charge < -0.3 is 9.84 Å². The van der Waals surface area contributed by atoms with Crippen LogP contribution in [0.15, 0.2) is 52.8 Å². The molecule has 0 unspecified atom stereocenters. The zero-order valence-electron chi connectivity index (χ0n) is 11.4. The van der Waals surface area contributed by atoms with E-state index in [1.165, 1.54) is 18.2 Å². The van der Waals surface area contributed by atoms with Crippen molar-refractivity contribution >= 4 is 15.4 Å². The smallest absolute Gasteiger partial charge is 0.200 e. The van der Waals surface area contributed by atoms with Crippen molar-refractivity contribution in [3.05, 3.63) is 59.0 Å². The standard InChI is InChI=1S/C16H14O4S/c1-11-5-2-3-7-14(11)20-9-12-10-21(18,19)15-8-4-6-13(17)16(12)15/h2-8,10,17H,9H2,1H3. The molecule has 0 saturated carbocycles. The maximum Gasteiger partial charge on any atom is 0.200 e. The second kappa shape index (κ2) is 4.93. The van der Waals surface area contributed by atoms with E-state index >= 15 is 0 Å². The number of fused-ring (bicyclic) bond motifs is 1. The Morgan fingerprint density at radius 3 is 2.62 bits per heavy atom. The molecular weight excluding hydrogens is 288 g/mol. The number of phenols is 1. The molecule has 3 rings (SSSR count). The zero-order chi connectivity index (χ0) is 15.0. The lowest BCUT2D eigenvalue weighted by atomic mass is 10.1. The van der Waals surface area contributed by atoms with Crippen LogP contribution in [0.3, 0.4) is 0 Å². The van der Waals surface area contributed by atoms with Crippen molar-refractivity contribution in [2.45, 2.75) is 11.8 Å². The van der Waals surface area contributed by atoms with Gasteiger partial charge in [-0.15, -0.1) is 0 Å². The van der Waals surface area contributed by atoms with Gasteiger partial charge in [-0.05, 0) is 30.7 Å². The summed E-state index contributed by atoms with van der Waals surface area (Å²) in [6.45, 7) is 2.01. The molecule has 0 amide bonds. The number of ether oxygens (including phenoxy) is 1. The van der Waals surface area contributed by atoms with E-state index in [9.17, 15) is 13.5 Å². The molecule has 108 valence electrons. The quantitative estimate of drug-likeness (QED) is 0.947. The number of para-hydroxylation sites is 1. The van der Waals surface area contributed by atoms with Gasteiger partial charge in [0.2, 0.25) is 9.84 Å². The van der Waals surface area contributed by atoms with Crippen LogP contribution in [-0.4, -0.2) is 20.1 Å². The summed E-state index contributed by atoms with van der Waals surface area (Å²) in [7, 11) is -3.49. The van der Waals surface area contributed by atoms with Crippen molar-refractivity contribution < 1.29 is 18.3 Å². The molecule has 0 bridgehead atoms. The Hall–Kier alpha value is -2.27. The largest absolute Gasteiger partial charge is 0.507 e. The van der Waals surface area contributed by atoms with Gasteiger partial charge in [0.1, 0.15) is 18.1 Å². The highest BCUT2D eigenvalue weighted by molar-refractivity contribution is 7.95. The number of hydrogen-bond donors (Lipinski definition) is 1. The van der Waals surface area contributed by atoms with Crippen LogP contribution in [0.5, 0.6) is 11.5 Å². The number of benzene rings is 2. The predicted octanol–water partition coefficient (Wildman–Crippen LogP) is 2.91. The lowest BCUT2D eigenvalue weighted by Crippen LogP contribution is -2.01. The van der Waals surface area contributed by atoms with Gasteiger partial charge in [-0.2, -0.15) is 0 Å². The number of rotatable bonds is 3. The van der Waals surface area contributed by atoms with Gasteiger partial charge in [0, 0.05) is 16.5 Å². The Morgan fingerprint density at radius 1 is 1.10 bits per heavy atom. The molecule has 21 heavy (non-hydrogen) atoms. The maximum atomic E-state index is 12.1. The Labute approximate surface area is 123 Å². The van der Waals surface area contributed by atoms with Crippen molar-refractivity contribution in [3.63, 3.8) is 0 Å². The van der Waals surface area contributed by atoms with E-state index < -0.39 is 9.84 Å². The molecule has 0 fully saturated rings. The second-order valence-corrected chi connectivity index (χ2v) is 6.66. The van der Waals surface area contributed by atoms with E-state index in [0.717, 1.165) is 11.0 Å². The number of aryl methyl sites for hydroxylation is 1. The predicted molar refractivity (Wildman–Crippen MR) is 79.9 cm³/mol. The summed E-state index contributed by atoms with van der Waals surface area (Å²) in [5.41, 5.74) is 1.77. The highest BCUT2D eigenvalue weighted by Gasteiger charge is 2.29. The Morgan fingerprint density at radius 2 is 1.86 bits per heavy atom. The molecule has 0 spiro atoms. The molecule has 2 aromatic carbocycles. The first kappa shape index (κ1) is 13.7. The monoisotopic (exact) mass is 302 g/mol. The molecule has 0 radical (unpaired) electrons. The summed E-state index contributed by atoms with van der Waals surface area (Å²) >= 11 is 0. The van der Waals surface area contributed by atoms with E-state index in [0.29, 0.717) is 16.9 Å². The minimum absolute atomic E-state index is 0.0480. The van der Waals surface area contributed by atoms with Crippen molar-refractivity contribution in [2.75, 3.05) is 6.61 Å². The van der Waals surface area contributed by atoms with Crippen molar-refractivity contribution in [2.24, 2.45) is 0 Å². The van der Waals surface area contributed by atoms with Crippen molar-refractivity contribution in [1.29, 1.82) is 0 Å². The van der Waals surface area contributed by atoms with E-state index in [1.807, 2.05) is 31.2 Å². The van der Waals surface area contributed by atoms with Gasteiger partial charge in [-0.3, -0.25) is 0 Å². The fourth-order valence-corrected chi connectivity index (χ4v) is 3.85. The molecule has 2 aromatic rings. The van der Waals surface area contributed by atoms with Crippen molar-refractivity contribution in [1.82, 2.24) is 0 Å². The van der Waals surface area contributed by atoms with E-state index in [4.69, 9.17) is 4.74 Å². The van der Waals surface area contributed by atoms with Gasteiger partial charge in [0.15, 0.2) is 0 Å². The average Bonchev–Trinajstić information content (AvgIpc) is 2.71. The summed E-state index contributed by atoms with van der Waals surface area (Å²) in [6.07, 6.45) is 0. The number of phenolic OH excluding ortho intramolecular Hbond substituents is 1. The van der Waals surface area contributed by atoms with E-state index in [2.05, 4.69) is 0 Å². The number of hydrogen-bond acceptors (Lipinski definition) is 4. The summed E-state index contributed by atoms with van der Waals surface area (Å²) in [6, 6.07) is 12.0. The molecule has 1 aliphatic heterocycles. The molecule has 0 saturated heterocycles. The fourth-order valence-electron chi connectivity index (χ4n) is 2.37. The van der Waals surface area contributed by atoms with Crippen LogP contribution in [0, 0.1) is 6.92 Å². The molecule has 1 heterocycles. The lowest BCUT2D eigenvalue weighted by Gasteiger charge is -2.10. The molecule has 5 heteroatoms. The first-order chi connectivity index (χ1) is 9.99. The second-order valence-electron chi connectivity index (χ2n) is 4.89. The number of aromatic hydroxyl groups is 1. The van der Waals surface area contributed by atoms with Crippen LogP contribution in [0.4, 0.5) is 0 Å². The minimum atomic E-state index is -3.49. The van der Waals surface area contributed by atoms with Crippen LogP contribution in [0.1, 0.15) is 11.1 Å². The summed E-state index contributed by atoms with van der Waals surface area (Å²) in [5, 5.41) is 11.1. The van der Waals surface area contributed by atoms with Crippen LogP contribution in [0.25, 0.3) is 5.57 Å². The third-order valence-electron chi connectivity index (χ3n) is 3.41. The van der Waals surface area contributed by atoms with Gasteiger partial charge >= 0.3 is 0 Å². The first-order valence-electron chi connectivity index (χ1n) is 6.45. The Balaban J connectivity index is 1.94. The van der Waals surface area contributed by atoms with Crippen LogP contribution >= 0.6 is 0 Å². The molecular formula is C16H14O4S. The topological polar surface area (TPSA) is 63.6 Å². The summed E-state index contributed by atoms with van der Waals surface area (Å²) in [5.74, 6) is 0.646. The van der Waals surface area contributed by atoms with Crippen molar-refractivity contribution in [3.8, 4) is 11.5 Å². The van der Waals surface area contributed by atoms with Crippen LogP contribution in [0.2, 0.25) is 0 Å². The third-order valence-corrected chi connectivity index (χ3v) is 4.95. The SMILES string of the molecule is Cc1ccccc1OCC1=CS(=O)(=O)c2cccc(O)c21. The molecule has 1 N–H and O–H groups in total. The van der Waals surface area contributed by atoms with Gasteiger partial charge in [0.05, 0.1) is 4.90 Å². The normalized spacial score (nSPS) is 15.4. The highest BCUT2D eigenvalue weighted by Crippen LogP contribution is 2.39. The van der Waals surface area contributed by atoms with Gasteiger partial charge in [0.25, 0.3) is 0 Å². The first-order valence-corrected chi connectivity index (χ1v) is 8.00.